The van der Waals surface area contributed by atoms with E-state index >= 15 is 0 Å². The molecule has 1 heteroatoms. The van der Waals surface area contributed by atoms with Crippen molar-refractivity contribution in [3.05, 3.63) is 48.2 Å². The minimum absolute atomic E-state index is 0.710. The Morgan fingerprint density at radius 1 is 1.23 bits per heavy atom. The fourth-order valence-electron chi connectivity index (χ4n) is 0.966. The van der Waals surface area contributed by atoms with Crippen LogP contribution in [0.25, 0.3) is 12.2 Å². The van der Waals surface area contributed by atoms with E-state index in [0.29, 0.717) is 6.61 Å². The average molecular weight is 174 g/mol. The molecule has 68 valence electrons. The maximum atomic E-state index is 5.09. The third-order valence-corrected chi connectivity index (χ3v) is 1.70. The first-order valence-corrected chi connectivity index (χ1v) is 4.37. The van der Waals surface area contributed by atoms with E-state index in [1.54, 1.807) is 6.26 Å². The van der Waals surface area contributed by atoms with Gasteiger partial charge in [0, 0.05) is 0 Å². The van der Waals surface area contributed by atoms with Gasteiger partial charge in [0.2, 0.25) is 0 Å². The van der Waals surface area contributed by atoms with E-state index in [0.717, 1.165) is 11.1 Å². The molecular formula is C12H14O. The average Bonchev–Trinajstić information content (AvgIpc) is 2.19. The Balaban J connectivity index is 2.63. The zero-order chi connectivity index (χ0) is 9.52. The maximum Gasteiger partial charge on any atom is 0.0845 e. The van der Waals surface area contributed by atoms with Crippen LogP contribution in [0.4, 0.5) is 0 Å². The summed E-state index contributed by atoms with van der Waals surface area (Å²) in [4.78, 5) is 0. The summed E-state index contributed by atoms with van der Waals surface area (Å²) >= 11 is 0. The predicted molar refractivity (Wildman–Crippen MR) is 57.2 cm³/mol. The van der Waals surface area contributed by atoms with Crippen molar-refractivity contribution in [2.75, 3.05) is 6.61 Å². The van der Waals surface area contributed by atoms with Gasteiger partial charge in [-0.05, 0) is 24.1 Å². The minimum atomic E-state index is 0.710. The Kier molecular flexibility index (Phi) is 3.83. The van der Waals surface area contributed by atoms with Crippen LogP contribution in [0.15, 0.2) is 37.1 Å². The summed E-state index contributed by atoms with van der Waals surface area (Å²) in [6, 6.07) is 8.12. The van der Waals surface area contributed by atoms with Crippen LogP contribution < -0.4 is 0 Å². The van der Waals surface area contributed by atoms with Gasteiger partial charge in [-0.15, -0.1) is 0 Å². The Hall–Kier alpha value is -1.50. The molecule has 0 aliphatic heterocycles. The molecule has 0 amide bonds. The van der Waals surface area contributed by atoms with E-state index in [-0.39, 0.29) is 0 Å². The molecule has 0 spiro atoms. The van der Waals surface area contributed by atoms with Crippen LogP contribution in [0, 0.1) is 0 Å². The van der Waals surface area contributed by atoms with Crippen molar-refractivity contribution < 1.29 is 4.74 Å². The van der Waals surface area contributed by atoms with Gasteiger partial charge < -0.3 is 4.74 Å². The number of ether oxygens (including phenoxy) is 1. The lowest BCUT2D eigenvalue weighted by Crippen LogP contribution is -1.77. The second-order valence-electron chi connectivity index (χ2n) is 2.63. The molecule has 0 saturated carbocycles. The molecule has 0 unspecified atom stereocenters. The zero-order valence-electron chi connectivity index (χ0n) is 7.86. The van der Waals surface area contributed by atoms with Gasteiger partial charge in [-0.2, -0.15) is 0 Å². The molecule has 1 aromatic rings. The van der Waals surface area contributed by atoms with Gasteiger partial charge in [0.1, 0.15) is 0 Å². The minimum Gasteiger partial charge on any atom is -0.501 e. The molecule has 0 heterocycles. The Morgan fingerprint density at radius 2 is 1.85 bits per heavy atom. The normalized spacial score (nSPS) is 10.2. The van der Waals surface area contributed by atoms with Crippen LogP contribution in [0.5, 0.6) is 0 Å². The lowest BCUT2D eigenvalue weighted by atomic mass is 10.1. The highest BCUT2D eigenvalue weighted by Gasteiger charge is 1.86. The topological polar surface area (TPSA) is 9.23 Å². The molecule has 1 aromatic carbocycles. The Labute approximate surface area is 79.4 Å². The molecule has 0 bridgehead atoms. The summed E-state index contributed by atoms with van der Waals surface area (Å²) in [5.41, 5.74) is 2.27. The SMILES string of the molecule is C=Cc1ccc(C=COCC)cc1. The molecule has 0 aromatic heterocycles. The first-order valence-electron chi connectivity index (χ1n) is 4.37. The van der Waals surface area contributed by atoms with Gasteiger partial charge in [-0.25, -0.2) is 0 Å². The van der Waals surface area contributed by atoms with Gasteiger partial charge >= 0.3 is 0 Å². The van der Waals surface area contributed by atoms with E-state index in [1.807, 2.05) is 43.3 Å². The van der Waals surface area contributed by atoms with Crippen molar-refractivity contribution in [1.82, 2.24) is 0 Å². The number of hydrogen-bond donors (Lipinski definition) is 0. The van der Waals surface area contributed by atoms with Crippen LogP contribution in [0.3, 0.4) is 0 Å². The summed E-state index contributed by atoms with van der Waals surface area (Å²) in [5, 5.41) is 0. The molecular weight excluding hydrogens is 160 g/mol. The summed E-state index contributed by atoms with van der Waals surface area (Å²) in [6.45, 7) is 6.37. The molecule has 0 fully saturated rings. The first kappa shape index (κ1) is 9.59. The second-order valence-corrected chi connectivity index (χ2v) is 2.63. The van der Waals surface area contributed by atoms with Gasteiger partial charge in [-0.3, -0.25) is 0 Å². The van der Waals surface area contributed by atoms with Crippen molar-refractivity contribution in [2.45, 2.75) is 6.92 Å². The molecule has 0 aliphatic carbocycles. The van der Waals surface area contributed by atoms with E-state index in [9.17, 15) is 0 Å². The quantitative estimate of drug-likeness (QED) is 0.636. The second kappa shape index (κ2) is 5.20. The molecule has 0 aliphatic rings. The summed E-state index contributed by atoms with van der Waals surface area (Å²) in [5.74, 6) is 0. The van der Waals surface area contributed by atoms with Crippen molar-refractivity contribution in [3.63, 3.8) is 0 Å². The fourth-order valence-corrected chi connectivity index (χ4v) is 0.966. The Bertz CT molecular complexity index is 282. The highest BCUT2D eigenvalue weighted by molar-refractivity contribution is 5.54. The van der Waals surface area contributed by atoms with Crippen LogP contribution in [0.2, 0.25) is 0 Å². The third-order valence-electron chi connectivity index (χ3n) is 1.70. The smallest absolute Gasteiger partial charge is 0.0845 e. The van der Waals surface area contributed by atoms with Crippen LogP contribution in [-0.2, 0) is 4.74 Å². The lowest BCUT2D eigenvalue weighted by molar-refractivity contribution is 0.272. The van der Waals surface area contributed by atoms with Crippen molar-refractivity contribution in [2.24, 2.45) is 0 Å². The van der Waals surface area contributed by atoms with E-state index < -0.39 is 0 Å². The molecule has 0 saturated heterocycles. The van der Waals surface area contributed by atoms with E-state index in [2.05, 4.69) is 6.58 Å². The van der Waals surface area contributed by atoms with Gasteiger partial charge in [0.05, 0.1) is 12.9 Å². The van der Waals surface area contributed by atoms with Gasteiger partial charge in [-0.1, -0.05) is 36.9 Å². The Morgan fingerprint density at radius 3 is 2.38 bits per heavy atom. The molecule has 0 radical (unpaired) electrons. The standard InChI is InChI=1S/C12H14O/c1-3-11-5-7-12(8-6-11)9-10-13-4-2/h3,5-10H,1,4H2,2H3. The van der Waals surface area contributed by atoms with Crippen molar-refractivity contribution in [1.29, 1.82) is 0 Å². The maximum absolute atomic E-state index is 5.09. The molecule has 13 heavy (non-hydrogen) atoms. The number of benzene rings is 1. The van der Waals surface area contributed by atoms with E-state index in [1.165, 1.54) is 0 Å². The molecule has 0 N–H and O–H groups in total. The number of rotatable bonds is 4. The van der Waals surface area contributed by atoms with Crippen molar-refractivity contribution in [3.8, 4) is 0 Å². The highest BCUT2D eigenvalue weighted by Crippen LogP contribution is 2.06. The predicted octanol–water partition coefficient (Wildman–Crippen LogP) is 3.34. The molecule has 1 rings (SSSR count). The number of hydrogen-bond acceptors (Lipinski definition) is 1. The summed E-state index contributed by atoms with van der Waals surface area (Å²) < 4.78 is 5.09. The summed E-state index contributed by atoms with van der Waals surface area (Å²) in [7, 11) is 0. The monoisotopic (exact) mass is 174 g/mol. The molecule has 1 nitrogen and oxygen atoms in total. The summed E-state index contributed by atoms with van der Waals surface area (Å²) in [6.07, 6.45) is 5.48. The van der Waals surface area contributed by atoms with Gasteiger partial charge in [0.15, 0.2) is 0 Å². The zero-order valence-corrected chi connectivity index (χ0v) is 7.86. The van der Waals surface area contributed by atoms with E-state index in [4.69, 9.17) is 4.74 Å². The van der Waals surface area contributed by atoms with Crippen LogP contribution in [-0.4, -0.2) is 6.61 Å². The van der Waals surface area contributed by atoms with Crippen LogP contribution in [0.1, 0.15) is 18.1 Å². The highest BCUT2D eigenvalue weighted by atomic mass is 16.5. The van der Waals surface area contributed by atoms with Crippen LogP contribution >= 0.6 is 0 Å². The third kappa shape index (κ3) is 3.16. The lowest BCUT2D eigenvalue weighted by Gasteiger charge is -1.95. The first-order chi connectivity index (χ1) is 6.36. The van der Waals surface area contributed by atoms with Gasteiger partial charge in [0.25, 0.3) is 0 Å². The van der Waals surface area contributed by atoms with Crippen molar-refractivity contribution >= 4 is 12.2 Å². The largest absolute Gasteiger partial charge is 0.501 e. The fraction of sp³-hybridized carbons (Fsp3) is 0.167. The molecule has 0 atom stereocenters.